The van der Waals surface area contributed by atoms with Crippen LogP contribution in [0.15, 0.2) is 24.3 Å². The predicted octanol–water partition coefficient (Wildman–Crippen LogP) is 2.74. The van der Waals surface area contributed by atoms with Crippen molar-refractivity contribution in [1.82, 2.24) is 0 Å². The lowest BCUT2D eigenvalue weighted by atomic mass is 10.00. The Kier molecular flexibility index (Phi) is 4.32. The molecule has 1 rings (SSSR count). The van der Waals surface area contributed by atoms with Crippen molar-refractivity contribution in [3.8, 4) is 0 Å². The summed E-state index contributed by atoms with van der Waals surface area (Å²) in [5, 5.41) is 0. The van der Waals surface area contributed by atoms with Crippen LogP contribution in [-0.2, 0) is 10.9 Å². The molecule has 16 heavy (non-hydrogen) atoms. The molecule has 0 aromatic heterocycles. The van der Waals surface area contributed by atoms with Crippen LogP contribution in [0, 0.1) is 0 Å². The molecular weight excluding hydrogens is 219 g/mol. The van der Waals surface area contributed by atoms with Crippen LogP contribution >= 0.6 is 0 Å². The standard InChI is InChI=1S/C11H14F3NO/c1-16-10(6-7-15)8-4-2-3-5-9(8)11(12,13)14/h2-5,10H,6-7,15H2,1H3. The number of alkyl halides is 3. The van der Waals surface area contributed by atoms with Crippen LogP contribution in [0.25, 0.3) is 0 Å². The average Bonchev–Trinajstić information content (AvgIpc) is 2.25. The second kappa shape index (κ2) is 5.32. The summed E-state index contributed by atoms with van der Waals surface area (Å²) in [7, 11) is 1.38. The molecule has 0 aliphatic carbocycles. The van der Waals surface area contributed by atoms with E-state index in [1.807, 2.05) is 0 Å². The van der Waals surface area contributed by atoms with Crippen molar-refractivity contribution >= 4 is 0 Å². The van der Waals surface area contributed by atoms with E-state index in [1.54, 1.807) is 6.07 Å². The number of halogens is 3. The van der Waals surface area contributed by atoms with Gasteiger partial charge in [0.1, 0.15) is 0 Å². The van der Waals surface area contributed by atoms with Crippen molar-refractivity contribution < 1.29 is 17.9 Å². The largest absolute Gasteiger partial charge is 0.416 e. The van der Waals surface area contributed by atoms with Crippen molar-refractivity contribution in [2.45, 2.75) is 18.7 Å². The molecule has 1 atom stereocenters. The Morgan fingerprint density at radius 1 is 1.31 bits per heavy atom. The molecule has 0 saturated carbocycles. The maximum absolute atomic E-state index is 12.7. The number of rotatable bonds is 4. The Labute approximate surface area is 92.2 Å². The minimum atomic E-state index is -4.36. The molecule has 2 nitrogen and oxygen atoms in total. The van der Waals surface area contributed by atoms with Crippen molar-refractivity contribution in [2.75, 3.05) is 13.7 Å². The molecule has 0 saturated heterocycles. The lowest BCUT2D eigenvalue weighted by molar-refractivity contribution is -0.139. The Morgan fingerprint density at radius 2 is 1.94 bits per heavy atom. The van der Waals surface area contributed by atoms with Crippen molar-refractivity contribution in [1.29, 1.82) is 0 Å². The van der Waals surface area contributed by atoms with Crippen LogP contribution in [-0.4, -0.2) is 13.7 Å². The van der Waals surface area contributed by atoms with Gasteiger partial charge in [0.05, 0.1) is 11.7 Å². The zero-order valence-corrected chi connectivity index (χ0v) is 8.92. The van der Waals surface area contributed by atoms with Gasteiger partial charge in [0.2, 0.25) is 0 Å². The lowest BCUT2D eigenvalue weighted by Gasteiger charge is -2.19. The van der Waals surface area contributed by atoms with E-state index in [2.05, 4.69) is 0 Å². The first-order valence-corrected chi connectivity index (χ1v) is 4.89. The van der Waals surface area contributed by atoms with E-state index in [0.717, 1.165) is 6.07 Å². The highest BCUT2D eigenvalue weighted by atomic mass is 19.4. The highest BCUT2D eigenvalue weighted by molar-refractivity contribution is 5.31. The quantitative estimate of drug-likeness (QED) is 0.867. The van der Waals surface area contributed by atoms with E-state index in [1.165, 1.54) is 19.2 Å². The molecule has 0 radical (unpaired) electrons. The second-order valence-electron chi connectivity index (χ2n) is 3.39. The van der Waals surface area contributed by atoms with Crippen molar-refractivity contribution in [3.05, 3.63) is 35.4 Å². The van der Waals surface area contributed by atoms with Gasteiger partial charge >= 0.3 is 6.18 Å². The fourth-order valence-corrected chi connectivity index (χ4v) is 1.59. The van der Waals surface area contributed by atoms with Crippen LogP contribution < -0.4 is 5.73 Å². The van der Waals surface area contributed by atoms with Crippen LogP contribution in [0.1, 0.15) is 23.7 Å². The summed E-state index contributed by atoms with van der Waals surface area (Å²) >= 11 is 0. The van der Waals surface area contributed by atoms with Gasteiger partial charge in [-0.05, 0) is 24.6 Å². The third-order valence-electron chi connectivity index (χ3n) is 2.33. The van der Waals surface area contributed by atoms with E-state index in [-0.39, 0.29) is 12.1 Å². The average molecular weight is 233 g/mol. The fraction of sp³-hybridized carbons (Fsp3) is 0.455. The zero-order chi connectivity index (χ0) is 12.2. The molecule has 0 bridgehead atoms. The number of hydrogen-bond acceptors (Lipinski definition) is 2. The highest BCUT2D eigenvalue weighted by Gasteiger charge is 2.34. The Balaban J connectivity index is 3.11. The smallest absolute Gasteiger partial charge is 0.377 e. The van der Waals surface area contributed by atoms with Crippen LogP contribution in [0.4, 0.5) is 13.2 Å². The summed E-state index contributed by atoms with van der Waals surface area (Å²) in [6.07, 6.45) is -4.60. The SMILES string of the molecule is COC(CCN)c1ccccc1C(F)(F)F. The summed E-state index contributed by atoms with van der Waals surface area (Å²) in [5.74, 6) is 0. The highest BCUT2D eigenvalue weighted by Crippen LogP contribution is 2.36. The third-order valence-corrected chi connectivity index (χ3v) is 2.33. The van der Waals surface area contributed by atoms with Crippen molar-refractivity contribution in [2.24, 2.45) is 5.73 Å². The van der Waals surface area contributed by atoms with Gasteiger partial charge in [0.25, 0.3) is 0 Å². The number of ether oxygens (including phenoxy) is 1. The van der Waals surface area contributed by atoms with Gasteiger partial charge in [0.15, 0.2) is 0 Å². The molecule has 1 aromatic rings. The van der Waals surface area contributed by atoms with E-state index in [9.17, 15) is 13.2 Å². The maximum atomic E-state index is 12.7. The van der Waals surface area contributed by atoms with Gasteiger partial charge in [0, 0.05) is 7.11 Å². The first kappa shape index (κ1) is 13.0. The maximum Gasteiger partial charge on any atom is 0.416 e. The first-order chi connectivity index (χ1) is 7.50. The molecule has 2 N–H and O–H groups in total. The molecule has 0 spiro atoms. The molecule has 0 heterocycles. The number of benzene rings is 1. The van der Waals surface area contributed by atoms with E-state index >= 15 is 0 Å². The van der Waals surface area contributed by atoms with Gasteiger partial charge in [-0.25, -0.2) is 0 Å². The minimum Gasteiger partial charge on any atom is -0.377 e. The van der Waals surface area contributed by atoms with Gasteiger partial charge in [-0.3, -0.25) is 0 Å². The van der Waals surface area contributed by atoms with E-state index < -0.39 is 17.8 Å². The molecule has 90 valence electrons. The van der Waals surface area contributed by atoms with Gasteiger partial charge in [-0.15, -0.1) is 0 Å². The summed E-state index contributed by atoms with van der Waals surface area (Å²) < 4.78 is 43.1. The molecule has 1 unspecified atom stereocenters. The molecule has 0 amide bonds. The molecule has 0 fully saturated rings. The molecule has 1 aromatic carbocycles. The fourth-order valence-electron chi connectivity index (χ4n) is 1.59. The number of methoxy groups -OCH3 is 1. The second-order valence-corrected chi connectivity index (χ2v) is 3.39. The predicted molar refractivity (Wildman–Crippen MR) is 54.9 cm³/mol. The van der Waals surface area contributed by atoms with Crippen LogP contribution in [0.2, 0.25) is 0 Å². The molecule has 0 aliphatic heterocycles. The van der Waals surface area contributed by atoms with Crippen LogP contribution in [0.3, 0.4) is 0 Å². The summed E-state index contributed by atoms with van der Waals surface area (Å²) in [6, 6.07) is 5.40. The number of nitrogens with two attached hydrogens (primary N) is 1. The molecule has 5 heteroatoms. The Bertz CT molecular complexity index is 338. The summed E-state index contributed by atoms with van der Waals surface area (Å²) in [4.78, 5) is 0. The normalized spacial score (nSPS) is 13.8. The topological polar surface area (TPSA) is 35.2 Å². The van der Waals surface area contributed by atoms with Gasteiger partial charge < -0.3 is 10.5 Å². The molecule has 0 aliphatic rings. The summed E-state index contributed by atoms with van der Waals surface area (Å²) in [6.45, 7) is 0.282. The zero-order valence-electron chi connectivity index (χ0n) is 8.92. The van der Waals surface area contributed by atoms with Gasteiger partial charge in [-0.1, -0.05) is 18.2 Å². The van der Waals surface area contributed by atoms with E-state index in [0.29, 0.717) is 6.42 Å². The third kappa shape index (κ3) is 2.96. The Morgan fingerprint density at radius 3 is 2.44 bits per heavy atom. The Hall–Kier alpha value is -1.07. The minimum absolute atomic E-state index is 0.142. The molecular formula is C11H14F3NO. The van der Waals surface area contributed by atoms with Gasteiger partial charge in [-0.2, -0.15) is 13.2 Å². The first-order valence-electron chi connectivity index (χ1n) is 4.89. The van der Waals surface area contributed by atoms with E-state index in [4.69, 9.17) is 10.5 Å². The lowest BCUT2D eigenvalue weighted by Crippen LogP contribution is -2.15. The van der Waals surface area contributed by atoms with Crippen LogP contribution in [0.5, 0.6) is 0 Å². The summed E-state index contributed by atoms with van der Waals surface area (Å²) in [5.41, 5.74) is 4.82. The van der Waals surface area contributed by atoms with Crippen molar-refractivity contribution in [3.63, 3.8) is 0 Å². The number of hydrogen-bond donors (Lipinski definition) is 1. The monoisotopic (exact) mass is 233 g/mol.